The highest BCUT2D eigenvalue weighted by Gasteiger charge is 2.35. The van der Waals surface area contributed by atoms with Crippen LogP contribution in [0.25, 0.3) is 0 Å². The highest BCUT2D eigenvalue weighted by molar-refractivity contribution is 5.68. The Bertz CT molecular complexity index is 452. The van der Waals surface area contributed by atoms with Crippen molar-refractivity contribution in [2.75, 3.05) is 0 Å². The standard InChI is InChI=1S/C13H15FO3/c1-7-2-5-9(13(17)12(7)14)10(6-11(15)16)8-3-4-8/h2,5,8,10,17H,3-4,6H2,1H3,(H,15,16). The zero-order valence-electron chi connectivity index (χ0n) is 9.61. The summed E-state index contributed by atoms with van der Waals surface area (Å²) in [6.07, 6.45) is 1.85. The number of phenolic OH excluding ortho intramolecular Hbond substituents is 1. The van der Waals surface area contributed by atoms with Crippen LogP contribution in [0, 0.1) is 18.7 Å². The van der Waals surface area contributed by atoms with E-state index >= 15 is 0 Å². The molecular formula is C13H15FO3. The van der Waals surface area contributed by atoms with E-state index in [0.717, 1.165) is 12.8 Å². The third kappa shape index (κ3) is 2.40. The summed E-state index contributed by atoms with van der Waals surface area (Å²) in [6, 6.07) is 3.22. The molecule has 1 aliphatic carbocycles. The molecule has 1 fully saturated rings. The number of carboxylic acid groups (broad SMARTS) is 1. The molecule has 2 rings (SSSR count). The van der Waals surface area contributed by atoms with Gasteiger partial charge in [-0.05, 0) is 31.2 Å². The number of phenols is 1. The quantitative estimate of drug-likeness (QED) is 0.848. The monoisotopic (exact) mass is 238 g/mol. The van der Waals surface area contributed by atoms with Gasteiger partial charge in [0.1, 0.15) is 0 Å². The average molecular weight is 238 g/mol. The Morgan fingerprint density at radius 1 is 1.53 bits per heavy atom. The number of benzene rings is 1. The molecule has 0 aromatic heterocycles. The maximum atomic E-state index is 13.6. The van der Waals surface area contributed by atoms with Gasteiger partial charge in [0, 0.05) is 11.5 Å². The topological polar surface area (TPSA) is 57.5 Å². The van der Waals surface area contributed by atoms with Gasteiger partial charge in [-0.25, -0.2) is 4.39 Å². The molecule has 92 valence electrons. The van der Waals surface area contributed by atoms with E-state index in [1.807, 2.05) is 0 Å². The Labute approximate surface area is 98.9 Å². The molecule has 1 saturated carbocycles. The molecule has 0 spiro atoms. The van der Waals surface area contributed by atoms with Crippen LogP contribution in [0.1, 0.15) is 36.3 Å². The van der Waals surface area contributed by atoms with E-state index in [1.165, 1.54) is 0 Å². The fourth-order valence-corrected chi connectivity index (χ4v) is 2.20. The molecule has 0 saturated heterocycles. The summed E-state index contributed by atoms with van der Waals surface area (Å²) < 4.78 is 13.6. The molecule has 2 N–H and O–H groups in total. The van der Waals surface area contributed by atoms with Crippen molar-refractivity contribution in [2.45, 2.75) is 32.1 Å². The molecule has 1 aromatic rings. The van der Waals surface area contributed by atoms with Gasteiger partial charge in [-0.15, -0.1) is 0 Å². The SMILES string of the molecule is Cc1ccc(C(CC(=O)O)C2CC2)c(O)c1F. The number of carbonyl (C=O) groups is 1. The summed E-state index contributed by atoms with van der Waals surface area (Å²) in [6.45, 7) is 1.57. The van der Waals surface area contributed by atoms with Crippen molar-refractivity contribution in [3.8, 4) is 5.75 Å². The summed E-state index contributed by atoms with van der Waals surface area (Å²) in [5.74, 6) is -1.95. The third-order valence-electron chi connectivity index (χ3n) is 3.33. The first-order valence-corrected chi connectivity index (χ1v) is 5.70. The molecule has 1 aromatic carbocycles. The van der Waals surface area contributed by atoms with Crippen molar-refractivity contribution in [3.05, 3.63) is 29.1 Å². The molecule has 4 heteroatoms. The first-order valence-electron chi connectivity index (χ1n) is 5.70. The third-order valence-corrected chi connectivity index (χ3v) is 3.33. The number of carboxylic acids is 1. The average Bonchev–Trinajstić information content (AvgIpc) is 3.07. The van der Waals surface area contributed by atoms with E-state index in [1.54, 1.807) is 19.1 Å². The molecular weight excluding hydrogens is 223 g/mol. The smallest absolute Gasteiger partial charge is 0.303 e. The molecule has 17 heavy (non-hydrogen) atoms. The van der Waals surface area contributed by atoms with E-state index in [0.29, 0.717) is 11.1 Å². The number of aromatic hydroxyl groups is 1. The number of rotatable bonds is 4. The Kier molecular flexibility index (Phi) is 3.05. The number of aliphatic carboxylic acids is 1. The van der Waals surface area contributed by atoms with Crippen molar-refractivity contribution < 1.29 is 19.4 Å². The summed E-state index contributed by atoms with van der Waals surface area (Å²) in [7, 11) is 0. The predicted molar refractivity (Wildman–Crippen MR) is 60.5 cm³/mol. The van der Waals surface area contributed by atoms with Crippen molar-refractivity contribution >= 4 is 5.97 Å². The summed E-state index contributed by atoms with van der Waals surface area (Å²) in [5, 5.41) is 18.6. The van der Waals surface area contributed by atoms with Gasteiger partial charge in [0.15, 0.2) is 11.6 Å². The van der Waals surface area contributed by atoms with Gasteiger partial charge in [-0.1, -0.05) is 12.1 Å². The van der Waals surface area contributed by atoms with Gasteiger partial charge in [-0.3, -0.25) is 4.79 Å². The van der Waals surface area contributed by atoms with Crippen LogP contribution in [0.3, 0.4) is 0 Å². The second kappa shape index (κ2) is 4.35. The van der Waals surface area contributed by atoms with Crippen LogP contribution in [-0.4, -0.2) is 16.2 Å². The summed E-state index contributed by atoms with van der Waals surface area (Å²) in [5.41, 5.74) is 0.800. The molecule has 0 heterocycles. The second-order valence-electron chi connectivity index (χ2n) is 4.68. The maximum Gasteiger partial charge on any atom is 0.303 e. The fourth-order valence-electron chi connectivity index (χ4n) is 2.20. The van der Waals surface area contributed by atoms with Crippen LogP contribution in [-0.2, 0) is 4.79 Å². The van der Waals surface area contributed by atoms with Crippen LogP contribution in [0.5, 0.6) is 5.75 Å². The highest BCUT2D eigenvalue weighted by Crippen LogP contribution is 2.47. The predicted octanol–water partition coefficient (Wildman–Crippen LogP) is 2.81. The molecule has 0 radical (unpaired) electrons. The molecule has 1 atom stereocenters. The Morgan fingerprint density at radius 2 is 2.18 bits per heavy atom. The lowest BCUT2D eigenvalue weighted by Crippen LogP contribution is -2.09. The van der Waals surface area contributed by atoms with Crippen molar-refractivity contribution in [1.29, 1.82) is 0 Å². The second-order valence-corrected chi connectivity index (χ2v) is 4.68. The van der Waals surface area contributed by atoms with Gasteiger partial charge < -0.3 is 10.2 Å². The van der Waals surface area contributed by atoms with Gasteiger partial charge in [0.05, 0.1) is 6.42 Å². The van der Waals surface area contributed by atoms with Crippen LogP contribution in [0.2, 0.25) is 0 Å². The molecule has 1 aliphatic rings. The van der Waals surface area contributed by atoms with Gasteiger partial charge in [0.25, 0.3) is 0 Å². The Balaban J connectivity index is 2.35. The lowest BCUT2D eigenvalue weighted by atomic mass is 9.89. The Morgan fingerprint density at radius 3 is 2.71 bits per heavy atom. The minimum Gasteiger partial charge on any atom is -0.505 e. The largest absolute Gasteiger partial charge is 0.505 e. The van der Waals surface area contributed by atoms with Crippen LogP contribution >= 0.6 is 0 Å². The minimum absolute atomic E-state index is 0.0548. The molecule has 0 aliphatic heterocycles. The lowest BCUT2D eigenvalue weighted by molar-refractivity contribution is -0.137. The van der Waals surface area contributed by atoms with Crippen molar-refractivity contribution in [2.24, 2.45) is 5.92 Å². The Hall–Kier alpha value is -1.58. The maximum absolute atomic E-state index is 13.6. The zero-order valence-corrected chi connectivity index (χ0v) is 9.61. The van der Waals surface area contributed by atoms with Crippen LogP contribution in [0.4, 0.5) is 4.39 Å². The first kappa shape index (κ1) is 11.9. The molecule has 0 bridgehead atoms. The number of halogens is 1. The fraction of sp³-hybridized carbons (Fsp3) is 0.462. The minimum atomic E-state index is -0.915. The zero-order chi connectivity index (χ0) is 12.6. The van der Waals surface area contributed by atoms with Crippen LogP contribution < -0.4 is 0 Å². The highest BCUT2D eigenvalue weighted by atomic mass is 19.1. The molecule has 0 amide bonds. The van der Waals surface area contributed by atoms with Gasteiger partial charge in [-0.2, -0.15) is 0 Å². The van der Waals surface area contributed by atoms with E-state index in [9.17, 15) is 14.3 Å². The van der Waals surface area contributed by atoms with Crippen LogP contribution in [0.15, 0.2) is 12.1 Å². The first-order chi connectivity index (χ1) is 8.00. The van der Waals surface area contributed by atoms with E-state index in [2.05, 4.69) is 0 Å². The number of hydrogen-bond acceptors (Lipinski definition) is 2. The van der Waals surface area contributed by atoms with Crippen molar-refractivity contribution in [3.63, 3.8) is 0 Å². The lowest BCUT2D eigenvalue weighted by Gasteiger charge is -2.16. The molecule has 1 unspecified atom stereocenters. The number of aryl methyl sites for hydroxylation is 1. The van der Waals surface area contributed by atoms with Crippen molar-refractivity contribution in [1.82, 2.24) is 0 Å². The van der Waals surface area contributed by atoms with Gasteiger partial charge in [0.2, 0.25) is 0 Å². The summed E-state index contributed by atoms with van der Waals surface area (Å²) >= 11 is 0. The normalized spacial score (nSPS) is 16.8. The molecule has 3 nitrogen and oxygen atoms in total. The number of hydrogen-bond donors (Lipinski definition) is 2. The van der Waals surface area contributed by atoms with E-state index in [-0.39, 0.29) is 24.0 Å². The van der Waals surface area contributed by atoms with E-state index in [4.69, 9.17) is 5.11 Å². The summed E-state index contributed by atoms with van der Waals surface area (Å²) in [4.78, 5) is 10.8. The van der Waals surface area contributed by atoms with Gasteiger partial charge >= 0.3 is 5.97 Å². The van der Waals surface area contributed by atoms with E-state index < -0.39 is 11.8 Å².